The summed E-state index contributed by atoms with van der Waals surface area (Å²) in [5.41, 5.74) is 1.45. The van der Waals surface area contributed by atoms with E-state index in [-0.39, 0.29) is 11.9 Å². The van der Waals surface area contributed by atoms with E-state index in [0.717, 1.165) is 18.4 Å². The summed E-state index contributed by atoms with van der Waals surface area (Å²) < 4.78 is 19.0. The zero-order valence-corrected chi connectivity index (χ0v) is 11.7. The van der Waals surface area contributed by atoms with Crippen molar-refractivity contribution in [3.8, 4) is 0 Å². The van der Waals surface area contributed by atoms with Crippen molar-refractivity contribution in [1.29, 1.82) is 0 Å². The fourth-order valence-electron chi connectivity index (χ4n) is 3.17. The second-order valence-corrected chi connectivity index (χ2v) is 5.61. The zero-order chi connectivity index (χ0) is 13.8. The Morgan fingerprint density at radius 3 is 2.47 bits per heavy atom. The van der Waals surface area contributed by atoms with Crippen LogP contribution in [0.2, 0.25) is 0 Å². The highest BCUT2D eigenvalue weighted by Gasteiger charge is 2.30. The van der Waals surface area contributed by atoms with Crippen LogP contribution in [0.4, 0.5) is 4.39 Å². The molecule has 2 atom stereocenters. The predicted molar refractivity (Wildman–Crippen MR) is 73.5 cm³/mol. The third-order valence-corrected chi connectivity index (χ3v) is 4.10. The first-order valence-corrected chi connectivity index (χ1v) is 7.10. The van der Waals surface area contributed by atoms with Gasteiger partial charge in [-0.05, 0) is 48.9 Å². The molecule has 0 radical (unpaired) electrons. The average Bonchev–Trinajstić information content (AvgIpc) is 2.39. The Bertz CT molecular complexity index is 393. The molecule has 1 N–H and O–H groups in total. The fraction of sp³-hybridized carbons (Fsp3) is 0.625. The van der Waals surface area contributed by atoms with Crippen molar-refractivity contribution in [2.75, 3.05) is 7.11 Å². The van der Waals surface area contributed by atoms with E-state index in [9.17, 15) is 9.50 Å². The summed E-state index contributed by atoms with van der Waals surface area (Å²) in [4.78, 5) is 0. The van der Waals surface area contributed by atoms with Crippen molar-refractivity contribution in [2.24, 2.45) is 5.92 Å². The highest BCUT2D eigenvalue weighted by Crippen LogP contribution is 2.34. The van der Waals surface area contributed by atoms with E-state index in [4.69, 9.17) is 4.74 Å². The van der Waals surface area contributed by atoms with Crippen LogP contribution in [0.1, 0.15) is 49.3 Å². The van der Waals surface area contributed by atoms with Gasteiger partial charge in [0, 0.05) is 7.11 Å². The molecule has 0 bridgehead atoms. The van der Waals surface area contributed by atoms with Crippen LogP contribution < -0.4 is 0 Å². The average molecular weight is 266 g/mol. The molecule has 106 valence electrons. The fourth-order valence-corrected chi connectivity index (χ4v) is 3.17. The monoisotopic (exact) mass is 266 g/mol. The summed E-state index contributed by atoms with van der Waals surface area (Å²) >= 11 is 0. The number of rotatable bonds is 4. The van der Waals surface area contributed by atoms with Crippen LogP contribution in [0.5, 0.6) is 0 Å². The van der Waals surface area contributed by atoms with Crippen LogP contribution in [0.3, 0.4) is 0 Å². The number of methoxy groups -OCH3 is 1. The normalized spacial score (nSPS) is 20.2. The van der Waals surface area contributed by atoms with E-state index in [1.165, 1.54) is 31.4 Å². The Balaban J connectivity index is 2.16. The number of aliphatic hydroxyl groups is 1. The molecule has 0 heterocycles. The number of aliphatic hydroxyl groups excluding tert-OH is 1. The van der Waals surface area contributed by atoms with Crippen molar-refractivity contribution in [2.45, 2.75) is 51.2 Å². The molecule has 1 aliphatic rings. The molecule has 1 aliphatic carbocycles. The molecule has 1 aromatic carbocycles. The maximum atomic E-state index is 13.4. The summed E-state index contributed by atoms with van der Waals surface area (Å²) in [5, 5.41) is 10.5. The van der Waals surface area contributed by atoms with E-state index in [0.29, 0.717) is 11.5 Å². The minimum absolute atomic E-state index is 0.235. The Kier molecular flexibility index (Phi) is 4.94. The molecule has 0 spiro atoms. The van der Waals surface area contributed by atoms with Gasteiger partial charge in [0.1, 0.15) is 11.9 Å². The number of aryl methyl sites for hydroxylation is 1. The van der Waals surface area contributed by atoms with Crippen molar-refractivity contribution in [3.63, 3.8) is 0 Å². The number of ether oxygens (including phenoxy) is 1. The lowest BCUT2D eigenvalue weighted by Crippen LogP contribution is -2.31. The SMILES string of the molecule is COC(C1CCCCC1)C(O)c1cc(C)cc(F)c1. The maximum absolute atomic E-state index is 13.4. The van der Waals surface area contributed by atoms with Crippen molar-refractivity contribution in [3.05, 3.63) is 35.1 Å². The third kappa shape index (κ3) is 3.54. The van der Waals surface area contributed by atoms with Gasteiger partial charge >= 0.3 is 0 Å². The maximum Gasteiger partial charge on any atom is 0.123 e. The van der Waals surface area contributed by atoms with Crippen molar-refractivity contribution in [1.82, 2.24) is 0 Å². The van der Waals surface area contributed by atoms with Crippen LogP contribution >= 0.6 is 0 Å². The lowest BCUT2D eigenvalue weighted by Gasteiger charge is -2.32. The highest BCUT2D eigenvalue weighted by atomic mass is 19.1. The second kappa shape index (κ2) is 6.49. The van der Waals surface area contributed by atoms with Crippen LogP contribution in [0.15, 0.2) is 18.2 Å². The summed E-state index contributed by atoms with van der Waals surface area (Å²) in [6.45, 7) is 1.84. The Morgan fingerprint density at radius 1 is 1.21 bits per heavy atom. The molecule has 0 aliphatic heterocycles. The smallest absolute Gasteiger partial charge is 0.123 e. The van der Waals surface area contributed by atoms with Gasteiger partial charge in [-0.2, -0.15) is 0 Å². The largest absolute Gasteiger partial charge is 0.386 e. The van der Waals surface area contributed by atoms with E-state index in [1.807, 2.05) is 13.0 Å². The van der Waals surface area contributed by atoms with Crippen molar-refractivity contribution < 1.29 is 14.2 Å². The van der Waals surface area contributed by atoms with Gasteiger partial charge < -0.3 is 9.84 Å². The number of hydrogen-bond donors (Lipinski definition) is 1. The minimum Gasteiger partial charge on any atom is -0.386 e. The Morgan fingerprint density at radius 2 is 1.89 bits per heavy atom. The second-order valence-electron chi connectivity index (χ2n) is 5.61. The first-order chi connectivity index (χ1) is 9.11. The van der Waals surface area contributed by atoms with Gasteiger partial charge in [-0.3, -0.25) is 0 Å². The lowest BCUT2D eigenvalue weighted by molar-refractivity contribution is -0.0560. The summed E-state index contributed by atoms with van der Waals surface area (Å²) in [5.74, 6) is 0.0740. The first kappa shape index (κ1) is 14.5. The van der Waals surface area contributed by atoms with Gasteiger partial charge in [-0.1, -0.05) is 25.3 Å². The van der Waals surface area contributed by atoms with E-state index in [2.05, 4.69) is 0 Å². The molecular formula is C16H23FO2. The van der Waals surface area contributed by atoms with Crippen LogP contribution in [0.25, 0.3) is 0 Å². The molecule has 1 fully saturated rings. The van der Waals surface area contributed by atoms with Crippen molar-refractivity contribution >= 4 is 0 Å². The first-order valence-electron chi connectivity index (χ1n) is 7.10. The molecule has 2 unspecified atom stereocenters. The van der Waals surface area contributed by atoms with E-state index >= 15 is 0 Å². The molecule has 0 aromatic heterocycles. The number of hydrogen-bond acceptors (Lipinski definition) is 2. The number of benzene rings is 1. The summed E-state index contributed by atoms with van der Waals surface area (Å²) in [6.07, 6.45) is 4.85. The molecule has 1 saturated carbocycles. The van der Waals surface area contributed by atoms with Gasteiger partial charge in [0.25, 0.3) is 0 Å². The quantitative estimate of drug-likeness (QED) is 0.899. The van der Waals surface area contributed by atoms with Gasteiger partial charge in [0.15, 0.2) is 0 Å². The Labute approximate surface area is 114 Å². The molecule has 0 saturated heterocycles. The molecule has 2 nitrogen and oxygen atoms in total. The topological polar surface area (TPSA) is 29.5 Å². The summed E-state index contributed by atoms with van der Waals surface area (Å²) in [7, 11) is 1.63. The van der Waals surface area contributed by atoms with E-state index < -0.39 is 6.10 Å². The van der Waals surface area contributed by atoms with Gasteiger partial charge in [0.05, 0.1) is 6.10 Å². The number of halogens is 1. The van der Waals surface area contributed by atoms with Gasteiger partial charge in [0.2, 0.25) is 0 Å². The van der Waals surface area contributed by atoms with Gasteiger partial charge in [-0.15, -0.1) is 0 Å². The van der Waals surface area contributed by atoms with Crippen LogP contribution in [-0.2, 0) is 4.74 Å². The van der Waals surface area contributed by atoms with Crippen LogP contribution in [0, 0.1) is 18.7 Å². The Hall–Kier alpha value is -0.930. The van der Waals surface area contributed by atoms with Crippen LogP contribution in [-0.4, -0.2) is 18.3 Å². The minimum atomic E-state index is -0.748. The molecule has 19 heavy (non-hydrogen) atoms. The molecule has 2 rings (SSSR count). The molecule has 1 aromatic rings. The highest BCUT2D eigenvalue weighted by molar-refractivity contribution is 5.26. The predicted octanol–water partition coefficient (Wildman–Crippen LogP) is 3.76. The third-order valence-electron chi connectivity index (χ3n) is 4.10. The van der Waals surface area contributed by atoms with Gasteiger partial charge in [-0.25, -0.2) is 4.39 Å². The lowest BCUT2D eigenvalue weighted by atomic mass is 9.81. The standard InChI is InChI=1S/C16H23FO2/c1-11-8-13(10-14(17)9-11)15(18)16(19-2)12-6-4-3-5-7-12/h8-10,12,15-16,18H,3-7H2,1-2H3. The summed E-state index contributed by atoms with van der Waals surface area (Å²) in [6, 6.07) is 4.72. The molecule has 3 heteroatoms. The molecule has 0 amide bonds. The molecular weight excluding hydrogens is 243 g/mol. The zero-order valence-electron chi connectivity index (χ0n) is 11.7. The van der Waals surface area contributed by atoms with E-state index in [1.54, 1.807) is 7.11 Å².